The van der Waals surface area contributed by atoms with Gasteiger partial charge in [0.05, 0.1) is 17.2 Å². The van der Waals surface area contributed by atoms with Crippen molar-refractivity contribution in [1.29, 1.82) is 0 Å². The van der Waals surface area contributed by atoms with Gasteiger partial charge in [-0.3, -0.25) is 14.9 Å². The maximum absolute atomic E-state index is 13.5. The van der Waals surface area contributed by atoms with Crippen LogP contribution in [0.3, 0.4) is 0 Å². The highest BCUT2D eigenvalue weighted by Gasteiger charge is 2.19. The van der Waals surface area contributed by atoms with E-state index in [0.717, 1.165) is 24.3 Å². The SMILES string of the molecule is CCOc1ccc(C(=O)Nc2cc(F)ccc2F)cc1[N+](=O)[O-]. The van der Waals surface area contributed by atoms with Crippen molar-refractivity contribution in [2.45, 2.75) is 6.92 Å². The minimum Gasteiger partial charge on any atom is -0.487 e. The summed E-state index contributed by atoms with van der Waals surface area (Å²) in [6.45, 7) is 1.89. The highest BCUT2D eigenvalue weighted by molar-refractivity contribution is 6.04. The Labute approximate surface area is 129 Å². The number of carbonyl (C=O) groups excluding carboxylic acids is 1. The molecular formula is C15H12F2N2O4. The van der Waals surface area contributed by atoms with Crippen LogP contribution in [0.1, 0.15) is 17.3 Å². The standard InChI is InChI=1S/C15H12F2N2O4/c1-2-23-14-6-3-9(7-13(14)19(21)22)15(20)18-12-8-10(16)4-5-11(12)17/h3-8H,2H2,1H3,(H,18,20). The topological polar surface area (TPSA) is 81.5 Å². The first-order valence-corrected chi connectivity index (χ1v) is 6.60. The second-order valence-corrected chi connectivity index (χ2v) is 4.45. The summed E-state index contributed by atoms with van der Waals surface area (Å²) in [5.41, 5.74) is -0.824. The fraction of sp³-hybridized carbons (Fsp3) is 0.133. The molecule has 23 heavy (non-hydrogen) atoms. The van der Waals surface area contributed by atoms with E-state index >= 15 is 0 Å². The monoisotopic (exact) mass is 322 g/mol. The average molecular weight is 322 g/mol. The summed E-state index contributed by atoms with van der Waals surface area (Å²) in [6, 6.07) is 6.18. The van der Waals surface area contributed by atoms with Crippen LogP contribution in [0.4, 0.5) is 20.2 Å². The lowest BCUT2D eigenvalue weighted by molar-refractivity contribution is -0.385. The van der Waals surface area contributed by atoms with E-state index in [-0.39, 0.29) is 29.3 Å². The van der Waals surface area contributed by atoms with E-state index in [4.69, 9.17) is 4.74 Å². The van der Waals surface area contributed by atoms with Crippen LogP contribution < -0.4 is 10.1 Å². The summed E-state index contributed by atoms with van der Waals surface area (Å²) in [5.74, 6) is -2.33. The van der Waals surface area contributed by atoms with E-state index in [0.29, 0.717) is 0 Å². The van der Waals surface area contributed by atoms with Gasteiger partial charge in [0.15, 0.2) is 5.75 Å². The molecule has 0 aliphatic heterocycles. The lowest BCUT2D eigenvalue weighted by atomic mass is 10.1. The molecule has 0 saturated carbocycles. The Balaban J connectivity index is 2.30. The highest BCUT2D eigenvalue weighted by atomic mass is 19.1. The molecule has 0 heterocycles. The number of carbonyl (C=O) groups is 1. The Morgan fingerprint density at radius 3 is 2.65 bits per heavy atom. The summed E-state index contributed by atoms with van der Waals surface area (Å²) < 4.78 is 31.7. The van der Waals surface area contributed by atoms with Crippen molar-refractivity contribution in [3.05, 3.63) is 63.7 Å². The highest BCUT2D eigenvalue weighted by Crippen LogP contribution is 2.28. The zero-order chi connectivity index (χ0) is 17.0. The number of halogens is 2. The number of nitro groups is 1. The molecule has 8 heteroatoms. The van der Waals surface area contributed by atoms with Gasteiger partial charge in [0.1, 0.15) is 11.6 Å². The molecule has 0 spiro atoms. The van der Waals surface area contributed by atoms with Crippen LogP contribution in [0.25, 0.3) is 0 Å². The van der Waals surface area contributed by atoms with Gasteiger partial charge in [-0.2, -0.15) is 0 Å². The first-order chi connectivity index (χ1) is 10.9. The van der Waals surface area contributed by atoms with Crippen molar-refractivity contribution in [3.63, 3.8) is 0 Å². The number of amides is 1. The number of anilines is 1. The summed E-state index contributed by atoms with van der Waals surface area (Å²) in [4.78, 5) is 22.4. The van der Waals surface area contributed by atoms with Crippen molar-refractivity contribution in [2.75, 3.05) is 11.9 Å². The molecule has 2 rings (SSSR count). The van der Waals surface area contributed by atoms with E-state index in [1.54, 1.807) is 6.92 Å². The molecule has 0 fully saturated rings. The quantitative estimate of drug-likeness (QED) is 0.674. The van der Waals surface area contributed by atoms with Crippen LogP contribution in [-0.4, -0.2) is 17.4 Å². The molecule has 0 atom stereocenters. The van der Waals surface area contributed by atoms with Gasteiger partial charge < -0.3 is 10.1 Å². The van der Waals surface area contributed by atoms with Crippen LogP contribution in [0.15, 0.2) is 36.4 Å². The largest absolute Gasteiger partial charge is 0.487 e. The molecule has 0 radical (unpaired) electrons. The second-order valence-electron chi connectivity index (χ2n) is 4.45. The van der Waals surface area contributed by atoms with Crippen LogP contribution in [-0.2, 0) is 0 Å². The molecule has 1 amide bonds. The normalized spacial score (nSPS) is 10.2. The van der Waals surface area contributed by atoms with Crippen LogP contribution in [0, 0.1) is 21.7 Å². The summed E-state index contributed by atoms with van der Waals surface area (Å²) >= 11 is 0. The molecule has 2 aromatic rings. The molecule has 6 nitrogen and oxygen atoms in total. The number of rotatable bonds is 5. The molecule has 0 saturated heterocycles. The average Bonchev–Trinajstić information content (AvgIpc) is 2.51. The smallest absolute Gasteiger partial charge is 0.311 e. The van der Waals surface area contributed by atoms with Gasteiger partial charge in [0, 0.05) is 17.7 Å². The molecule has 2 aromatic carbocycles. The predicted octanol–water partition coefficient (Wildman–Crippen LogP) is 3.52. The minimum absolute atomic E-state index is 0.0194. The first-order valence-electron chi connectivity index (χ1n) is 6.60. The lowest BCUT2D eigenvalue weighted by Gasteiger charge is -2.08. The summed E-state index contributed by atoms with van der Waals surface area (Å²) in [7, 11) is 0. The Hall–Kier alpha value is -3.03. The number of hydrogen-bond acceptors (Lipinski definition) is 4. The van der Waals surface area contributed by atoms with Crippen molar-refractivity contribution in [2.24, 2.45) is 0 Å². The van der Waals surface area contributed by atoms with Gasteiger partial charge in [0.2, 0.25) is 0 Å². The van der Waals surface area contributed by atoms with E-state index in [1.165, 1.54) is 12.1 Å². The molecule has 0 unspecified atom stereocenters. The van der Waals surface area contributed by atoms with E-state index < -0.39 is 22.5 Å². The number of nitro benzene ring substituents is 1. The lowest BCUT2D eigenvalue weighted by Crippen LogP contribution is -2.13. The Morgan fingerprint density at radius 1 is 1.26 bits per heavy atom. The minimum atomic E-state index is -0.819. The third-order valence-electron chi connectivity index (χ3n) is 2.89. The number of hydrogen-bond donors (Lipinski definition) is 1. The van der Waals surface area contributed by atoms with E-state index in [2.05, 4.69) is 5.32 Å². The van der Waals surface area contributed by atoms with Gasteiger partial charge in [-0.15, -0.1) is 0 Å². The number of nitrogens with zero attached hydrogens (tertiary/aromatic N) is 1. The Kier molecular flexibility index (Phi) is 4.85. The van der Waals surface area contributed by atoms with E-state index in [1.807, 2.05) is 0 Å². The zero-order valence-electron chi connectivity index (χ0n) is 12.0. The summed E-state index contributed by atoms with van der Waals surface area (Å²) in [5, 5.41) is 13.2. The Bertz CT molecular complexity index is 765. The van der Waals surface area contributed by atoms with Crippen molar-refractivity contribution in [3.8, 4) is 5.75 Å². The van der Waals surface area contributed by atoms with Crippen LogP contribution >= 0.6 is 0 Å². The van der Waals surface area contributed by atoms with E-state index in [9.17, 15) is 23.7 Å². The van der Waals surface area contributed by atoms with Crippen LogP contribution in [0.2, 0.25) is 0 Å². The third-order valence-corrected chi connectivity index (χ3v) is 2.89. The van der Waals surface area contributed by atoms with Gasteiger partial charge in [0.25, 0.3) is 5.91 Å². The molecule has 0 aliphatic carbocycles. The molecule has 0 aliphatic rings. The number of benzene rings is 2. The fourth-order valence-corrected chi connectivity index (χ4v) is 1.87. The van der Waals surface area contributed by atoms with Gasteiger partial charge >= 0.3 is 5.69 Å². The van der Waals surface area contributed by atoms with Gasteiger partial charge in [-0.05, 0) is 31.2 Å². The van der Waals surface area contributed by atoms with Gasteiger partial charge in [-0.1, -0.05) is 0 Å². The van der Waals surface area contributed by atoms with Crippen molar-refractivity contribution >= 4 is 17.3 Å². The number of nitrogens with one attached hydrogen (secondary N) is 1. The second kappa shape index (κ2) is 6.82. The van der Waals surface area contributed by atoms with Crippen molar-refractivity contribution in [1.82, 2.24) is 0 Å². The molecule has 1 N–H and O–H groups in total. The van der Waals surface area contributed by atoms with Crippen molar-refractivity contribution < 1.29 is 23.2 Å². The van der Waals surface area contributed by atoms with Gasteiger partial charge in [-0.25, -0.2) is 8.78 Å². The van der Waals surface area contributed by atoms with Crippen LogP contribution in [0.5, 0.6) is 5.75 Å². The molecule has 0 aromatic heterocycles. The molecule has 120 valence electrons. The predicted molar refractivity (Wildman–Crippen MR) is 78.6 cm³/mol. The summed E-state index contributed by atoms with van der Waals surface area (Å²) in [6.07, 6.45) is 0. The number of ether oxygens (including phenoxy) is 1. The zero-order valence-corrected chi connectivity index (χ0v) is 12.0. The third kappa shape index (κ3) is 3.79. The molecular weight excluding hydrogens is 310 g/mol. The Morgan fingerprint density at radius 2 is 2.00 bits per heavy atom. The maximum atomic E-state index is 13.5. The fourth-order valence-electron chi connectivity index (χ4n) is 1.87. The molecule has 0 bridgehead atoms. The first kappa shape index (κ1) is 16.3. The maximum Gasteiger partial charge on any atom is 0.311 e.